The van der Waals surface area contributed by atoms with Crippen LogP contribution in [0.1, 0.15) is 51.8 Å². The smallest absolute Gasteiger partial charge is 0.317 e. The molecule has 1 saturated heterocycles. The molecule has 1 aliphatic rings. The Morgan fingerprint density at radius 3 is 2.70 bits per heavy atom. The van der Waals surface area contributed by atoms with Crippen molar-refractivity contribution in [1.82, 2.24) is 14.9 Å². The van der Waals surface area contributed by atoms with Crippen LogP contribution < -0.4 is 14.8 Å². The van der Waals surface area contributed by atoms with E-state index in [-0.39, 0.29) is 23.9 Å². The van der Waals surface area contributed by atoms with Gasteiger partial charge in [-0.1, -0.05) is 19.1 Å². The molecule has 2 aromatic rings. The predicted octanol–water partition coefficient (Wildman–Crippen LogP) is 3.40. The number of hydrogen-bond acceptors (Lipinski definition) is 5. The lowest BCUT2D eigenvalue weighted by atomic mass is 10.1. The van der Waals surface area contributed by atoms with Gasteiger partial charge in [0.2, 0.25) is 10.0 Å². The first-order valence-corrected chi connectivity index (χ1v) is 12.2. The Hall–Kier alpha value is -2.26. The lowest BCUT2D eigenvalue weighted by Crippen LogP contribution is -2.50. The maximum absolute atomic E-state index is 12.7. The summed E-state index contributed by atoms with van der Waals surface area (Å²) in [6.07, 6.45) is 1.79. The molecule has 1 aromatic carbocycles. The SMILES string of the molecule is CCCS(=O)(=O)NC1CCN(C(=O)NC(C)c2cc3cccc(OCC)c3o2)CC1. The van der Waals surface area contributed by atoms with Gasteiger partial charge in [0.15, 0.2) is 11.3 Å². The number of urea groups is 1. The Morgan fingerprint density at radius 1 is 1.30 bits per heavy atom. The lowest BCUT2D eigenvalue weighted by molar-refractivity contribution is 0.176. The number of benzene rings is 1. The van der Waals surface area contributed by atoms with Gasteiger partial charge in [-0.15, -0.1) is 0 Å². The van der Waals surface area contributed by atoms with E-state index >= 15 is 0 Å². The number of furan rings is 1. The topological polar surface area (TPSA) is 101 Å². The molecule has 8 nitrogen and oxygen atoms in total. The molecular weight excluding hydrogens is 406 g/mol. The average molecular weight is 438 g/mol. The van der Waals surface area contributed by atoms with E-state index < -0.39 is 10.0 Å². The van der Waals surface area contributed by atoms with E-state index in [2.05, 4.69) is 10.0 Å². The summed E-state index contributed by atoms with van der Waals surface area (Å²) in [4.78, 5) is 14.4. The summed E-state index contributed by atoms with van der Waals surface area (Å²) in [6.45, 7) is 7.20. The Labute approximate surface area is 178 Å². The van der Waals surface area contributed by atoms with Gasteiger partial charge in [-0.3, -0.25) is 0 Å². The minimum absolute atomic E-state index is 0.115. The monoisotopic (exact) mass is 437 g/mol. The molecule has 1 fully saturated rings. The highest BCUT2D eigenvalue weighted by molar-refractivity contribution is 7.89. The Morgan fingerprint density at radius 2 is 2.03 bits per heavy atom. The maximum atomic E-state index is 12.7. The Balaban J connectivity index is 1.56. The molecule has 2 heterocycles. The van der Waals surface area contributed by atoms with Gasteiger partial charge < -0.3 is 19.4 Å². The van der Waals surface area contributed by atoms with E-state index in [1.54, 1.807) is 4.90 Å². The third kappa shape index (κ3) is 5.46. The molecular formula is C21H31N3O5S. The fourth-order valence-electron chi connectivity index (χ4n) is 3.67. The van der Waals surface area contributed by atoms with Crippen molar-refractivity contribution in [2.75, 3.05) is 25.4 Å². The number of rotatable bonds is 8. The van der Waals surface area contributed by atoms with Crippen LogP contribution in [0.3, 0.4) is 0 Å². The lowest BCUT2D eigenvalue weighted by Gasteiger charge is -2.32. The largest absolute Gasteiger partial charge is 0.490 e. The molecule has 2 amide bonds. The van der Waals surface area contributed by atoms with Gasteiger partial charge in [0, 0.05) is 24.5 Å². The van der Waals surface area contributed by atoms with Crippen molar-refractivity contribution >= 4 is 27.0 Å². The molecule has 1 unspecified atom stereocenters. The fraction of sp³-hybridized carbons (Fsp3) is 0.571. The van der Waals surface area contributed by atoms with Crippen LogP contribution in [0.25, 0.3) is 11.0 Å². The summed E-state index contributed by atoms with van der Waals surface area (Å²) < 4.78 is 38.2. The first-order valence-electron chi connectivity index (χ1n) is 10.5. The molecule has 0 spiro atoms. The molecule has 0 aliphatic carbocycles. The molecule has 1 aromatic heterocycles. The van der Waals surface area contributed by atoms with Crippen molar-refractivity contribution in [2.45, 2.75) is 52.1 Å². The van der Waals surface area contributed by atoms with Gasteiger partial charge in [-0.05, 0) is 45.2 Å². The highest BCUT2D eigenvalue weighted by atomic mass is 32.2. The van der Waals surface area contributed by atoms with Crippen molar-refractivity contribution in [3.63, 3.8) is 0 Å². The fourth-order valence-corrected chi connectivity index (χ4v) is 5.07. The average Bonchev–Trinajstić information content (AvgIpc) is 3.14. The molecule has 9 heteroatoms. The van der Waals surface area contributed by atoms with Crippen LogP contribution >= 0.6 is 0 Å². The second kappa shape index (κ2) is 9.70. The number of nitrogens with one attached hydrogen (secondary N) is 2. The van der Waals surface area contributed by atoms with Crippen LogP contribution in [0.4, 0.5) is 4.79 Å². The van der Waals surface area contributed by atoms with E-state index in [1.807, 2.05) is 45.0 Å². The Bertz CT molecular complexity index is 964. The van der Waals surface area contributed by atoms with Crippen molar-refractivity contribution in [3.8, 4) is 5.75 Å². The zero-order valence-corrected chi connectivity index (χ0v) is 18.6. The molecule has 0 radical (unpaired) electrons. The van der Waals surface area contributed by atoms with Crippen molar-refractivity contribution in [2.24, 2.45) is 0 Å². The minimum atomic E-state index is -3.24. The number of sulfonamides is 1. The summed E-state index contributed by atoms with van der Waals surface area (Å²) in [5, 5.41) is 3.90. The van der Waals surface area contributed by atoms with Gasteiger partial charge in [0.05, 0.1) is 18.4 Å². The second-order valence-electron chi connectivity index (χ2n) is 7.63. The van der Waals surface area contributed by atoms with Crippen molar-refractivity contribution in [3.05, 3.63) is 30.0 Å². The van der Waals surface area contributed by atoms with E-state index in [1.165, 1.54) is 0 Å². The van der Waals surface area contributed by atoms with Gasteiger partial charge in [0.1, 0.15) is 5.76 Å². The molecule has 30 heavy (non-hydrogen) atoms. The van der Waals surface area contributed by atoms with Gasteiger partial charge in [-0.25, -0.2) is 17.9 Å². The number of hydrogen-bond donors (Lipinski definition) is 2. The first-order chi connectivity index (χ1) is 14.3. The number of ether oxygens (including phenoxy) is 1. The van der Waals surface area contributed by atoms with Crippen LogP contribution in [0.2, 0.25) is 0 Å². The molecule has 3 rings (SSSR count). The predicted molar refractivity (Wildman–Crippen MR) is 116 cm³/mol. The zero-order chi connectivity index (χ0) is 21.7. The number of amides is 2. The van der Waals surface area contributed by atoms with Gasteiger partial charge in [0.25, 0.3) is 0 Å². The van der Waals surface area contributed by atoms with Gasteiger partial charge in [-0.2, -0.15) is 0 Å². The van der Waals surface area contributed by atoms with Crippen molar-refractivity contribution in [1.29, 1.82) is 0 Å². The van der Waals surface area contributed by atoms with E-state index in [9.17, 15) is 13.2 Å². The molecule has 0 bridgehead atoms. The number of para-hydroxylation sites is 1. The minimum Gasteiger partial charge on any atom is -0.490 e. The summed E-state index contributed by atoms with van der Waals surface area (Å²) in [5.74, 6) is 1.48. The Kier molecular flexibility index (Phi) is 7.25. The van der Waals surface area contributed by atoms with Crippen LogP contribution in [0.15, 0.2) is 28.7 Å². The normalized spacial score (nSPS) is 16.6. The standard InChI is InChI=1S/C21H31N3O5S/c1-4-13-30(26,27)23-17-9-11-24(12-10-17)21(25)22-15(3)19-14-16-7-6-8-18(28-5-2)20(16)29-19/h6-8,14-15,17,23H,4-5,9-13H2,1-3H3,(H,22,25). The number of nitrogens with zero attached hydrogens (tertiary/aromatic N) is 1. The second-order valence-corrected chi connectivity index (χ2v) is 9.50. The molecule has 166 valence electrons. The van der Waals surface area contributed by atoms with Crippen molar-refractivity contribution < 1.29 is 22.4 Å². The quantitative estimate of drug-likeness (QED) is 0.659. The number of piperidine rings is 1. The molecule has 0 saturated carbocycles. The number of carbonyl (C=O) groups excluding carboxylic acids is 1. The van der Waals surface area contributed by atoms with Crippen LogP contribution in [0.5, 0.6) is 5.75 Å². The molecule has 1 atom stereocenters. The zero-order valence-electron chi connectivity index (χ0n) is 17.8. The third-order valence-corrected chi connectivity index (χ3v) is 6.83. The van der Waals surface area contributed by atoms with E-state index in [4.69, 9.17) is 9.15 Å². The molecule has 2 N–H and O–H groups in total. The summed E-state index contributed by atoms with van der Waals surface area (Å²) in [5.41, 5.74) is 0.677. The number of likely N-dealkylation sites (tertiary alicyclic amines) is 1. The molecule has 1 aliphatic heterocycles. The summed E-state index contributed by atoms with van der Waals surface area (Å²) in [7, 11) is -3.24. The number of fused-ring (bicyclic) bond motifs is 1. The van der Waals surface area contributed by atoms with Crippen LogP contribution in [-0.2, 0) is 10.0 Å². The summed E-state index contributed by atoms with van der Waals surface area (Å²) >= 11 is 0. The maximum Gasteiger partial charge on any atom is 0.317 e. The van der Waals surface area contributed by atoms with Crippen LogP contribution in [-0.4, -0.2) is 50.8 Å². The third-order valence-electron chi connectivity index (χ3n) is 5.19. The highest BCUT2D eigenvalue weighted by Gasteiger charge is 2.27. The van der Waals surface area contributed by atoms with Gasteiger partial charge >= 0.3 is 6.03 Å². The summed E-state index contributed by atoms with van der Waals surface area (Å²) in [6, 6.07) is 7.04. The first kappa shape index (κ1) is 22.4. The highest BCUT2D eigenvalue weighted by Crippen LogP contribution is 2.31. The van der Waals surface area contributed by atoms with E-state index in [0.717, 1.165) is 5.39 Å². The number of carbonyl (C=O) groups is 1. The van der Waals surface area contributed by atoms with E-state index in [0.29, 0.717) is 56.1 Å². The van der Waals surface area contributed by atoms with Crippen LogP contribution in [0, 0.1) is 0 Å².